The standard InChI is InChI=1S/C15H14N2O3/c1-9-11-5-4-10(19-3)8-13(11)20-15(9)14(18)12-6-7-16-17(12)2/h4-8H,1-3H3. The molecule has 20 heavy (non-hydrogen) atoms. The van der Waals surface area contributed by atoms with Crippen LogP contribution in [0.4, 0.5) is 0 Å². The third-order valence-electron chi connectivity index (χ3n) is 3.41. The molecule has 0 radical (unpaired) electrons. The SMILES string of the molecule is COc1ccc2c(C)c(C(=O)c3ccnn3C)oc2c1. The molecule has 0 bridgehead atoms. The first-order valence-corrected chi connectivity index (χ1v) is 6.21. The predicted octanol–water partition coefficient (Wildman–Crippen LogP) is 2.71. The molecule has 3 rings (SSSR count). The van der Waals surface area contributed by atoms with Crippen molar-refractivity contribution in [1.29, 1.82) is 0 Å². The van der Waals surface area contributed by atoms with E-state index in [1.54, 1.807) is 32.5 Å². The van der Waals surface area contributed by atoms with E-state index in [1.807, 2.05) is 19.1 Å². The molecule has 1 aromatic carbocycles. The van der Waals surface area contributed by atoms with Crippen LogP contribution in [-0.4, -0.2) is 22.7 Å². The molecule has 3 aromatic rings. The lowest BCUT2D eigenvalue weighted by Crippen LogP contribution is -2.08. The van der Waals surface area contributed by atoms with Crippen molar-refractivity contribution >= 4 is 16.8 Å². The summed E-state index contributed by atoms with van der Waals surface area (Å²) in [5.41, 5.74) is 1.97. The van der Waals surface area contributed by atoms with E-state index < -0.39 is 0 Å². The number of rotatable bonds is 3. The van der Waals surface area contributed by atoms with Gasteiger partial charge in [-0.25, -0.2) is 0 Å². The minimum absolute atomic E-state index is 0.169. The summed E-state index contributed by atoms with van der Waals surface area (Å²) in [6.45, 7) is 1.88. The van der Waals surface area contributed by atoms with Crippen molar-refractivity contribution in [3.8, 4) is 5.75 Å². The molecule has 102 valence electrons. The first kappa shape index (κ1) is 12.5. The lowest BCUT2D eigenvalue weighted by Gasteiger charge is -1.98. The van der Waals surface area contributed by atoms with Crippen molar-refractivity contribution in [2.75, 3.05) is 7.11 Å². The van der Waals surface area contributed by atoms with Gasteiger partial charge in [0, 0.05) is 30.3 Å². The number of hydrogen-bond donors (Lipinski definition) is 0. The van der Waals surface area contributed by atoms with Gasteiger partial charge in [0.25, 0.3) is 0 Å². The number of carbonyl (C=O) groups excluding carboxylic acids is 1. The van der Waals surface area contributed by atoms with Gasteiger partial charge in [-0.15, -0.1) is 0 Å². The van der Waals surface area contributed by atoms with Gasteiger partial charge in [0.15, 0.2) is 5.76 Å². The van der Waals surface area contributed by atoms with Gasteiger partial charge < -0.3 is 9.15 Å². The van der Waals surface area contributed by atoms with Crippen LogP contribution in [0.2, 0.25) is 0 Å². The monoisotopic (exact) mass is 270 g/mol. The van der Waals surface area contributed by atoms with E-state index in [4.69, 9.17) is 9.15 Å². The number of hydrogen-bond acceptors (Lipinski definition) is 4. The summed E-state index contributed by atoms with van der Waals surface area (Å²) in [4.78, 5) is 12.5. The largest absolute Gasteiger partial charge is 0.497 e. The van der Waals surface area contributed by atoms with Crippen molar-refractivity contribution in [3.05, 3.63) is 47.5 Å². The summed E-state index contributed by atoms with van der Waals surface area (Å²) in [7, 11) is 3.33. The number of ether oxygens (including phenoxy) is 1. The molecule has 0 aliphatic rings. The minimum atomic E-state index is -0.169. The van der Waals surface area contributed by atoms with Crippen LogP contribution in [0.3, 0.4) is 0 Å². The molecule has 2 aromatic heterocycles. The molecule has 0 amide bonds. The van der Waals surface area contributed by atoms with E-state index in [9.17, 15) is 4.79 Å². The first-order valence-electron chi connectivity index (χ1n) is 6.21. The molecule has 0 aliphatic carbocycles. The van der Waals surface area contributed by atoms with E-state index in [0.717, 1.165) is 10.9 Å². The fourth-order valence-electron chi connectivity index (χ4n) is 2.26. The maximum atomic E-state index is 12.5. The van der Waals surface area contributed by atoms with Crippen LogP contribution in [0.15, 0.2) is 34.9 Å². The number of methoxy groups -OCH3 is 1. The zero-order valence-electron chi connectivity index (χ0n) is 11.5. The summed E-state index contributed by atoms with van der Waals surface area (Å²) in [5.74, 6) is 0.875. The molecule has 2 heterocycles. The van der Waals surface area contributed by atoms with E-state index in [0.29, 0.717) is 22.8 Å². The number of nitrogens with zero attached hydrogens (tertiary/aromatic N) is 2. The van der Waals surface area contributed by atoms with Crippen LogP contribution < -0.4 is 4.74 Å². The first-order chi connectivity index (χ1) is 9.61. The van der Waals surface area contributed by atoms with Crippen molar-refractivity contribution in [1.82, 2.24) is 9.78 Å². The fourth-order valence-corrected chi connectivity index (χ4v) is 2.26. The topological polar surface area (TPSA) is 57.3 Å². The van der Waals surface area contributed by atoms with Crippen LogP contribution >= 0.6 is 0 Å². The molecule has 0 saturated heterocycles. The van der Waals surface area contributed by atoms with Crippen molar-refractivity contribution in [3.63, 3.8) is 0 Å². The maximum absolute atomic E-state index is 12.5. The maximum Gasteiger partial charge on any atom is 0.246 e. The second kappa shape index (κ2) is 4.52. The number of benzene rings is 1. The highest BCUT2D eigenvalue weighted by Gasteiger charge is 2.21. The predicted molar refractivity (Wildman–Crippen MR) is 74.1 cm³/mol. The molecule has 5 heteroatoms. The molecule has 0 saturated carbocycles. The Balaban J connectivity index is 2.15. The Kier molecular flexibility index (Phi) is 2.82. The fraction of sp³-hybridized carbons (Fsp3) is 0.200. The Morgan fingerprint density at radius 3 is 2.80 bits per heavy atom. The Morgan fingerprint density at radius 2 is 2.15 bits per heavy atom. The summed E-state index contributed by atoms with van der Waals surface area (Å²) in [6, 6.07) is 7.20. The highest BCUT2D eigenvalue weighted by atomic mass is 16.5. The zero-order valence-corrected chi connectivity index (χ0v) is 11.5. The van der Waals surface area contributed by atoms with Gasteiger partial charge in [-0.3, -0.25) is 9.48 Å². The smallest absolute Gasteiger partial charge is 0.246 e. The Bertz CT molecular complexity index is 799. The third kappa shape index (κ3) is 1.79. The van der Waals surface area contributed by atoms with Crippen LogP contribution in [0.1, 0.15) is 21.8 Å². The third-order valence-corrected chi connectivity index (χ3v) is 3.41. The summed E-state index contributed by atoms with van der Waals surface area (Å²) >= 11 is 0. The van der Waals surface area contributed by atoms with Gasteiger partial charge in [0.1, 0.15) is 17.0 Å². The van der Waals surface area contributed by atoms with E-state index in [1.165, 1.54) is 4.68 Å². The van der Waals surface area contributed by atoms with Gasteiger partial charge in [-0.2, -0.15) is 5.10 Å². The van der Waals surface area contributed by atoms with E-state index in [2.05, 4.69) is 5.10 Å². The summed E-state index contributed by atoms with van der Waals surface area (Å²) in [5, 5.41) is 4.92. The van der Waals surface area contributed by atoms with Crippen molar-refractivity contribution in [2.45, 2.75) is 6.92 Å². The molecule has 0 atom stereocenters. The second-order valence-corrected chi connectivity index (χ2v) is 4.59. The molecule has 0 fully saturated rings. The lowest BCUT2D eigenvalue weighted by atomic mass is 10.1. The average Bonchev–Trinajstić information content (AvgIpc) is 3.02. The van der Waals surface area contributed by atoms with E-state index in [-0.39, 0.29) is 5.78 Å². The van der Waals surface area contributed by atoms with Gasteiger partial charge in [-0.05, 0) is 25.1 Å². The molecule has 0 unspecified atom stereocenters. The van der Waals surface area contributed by atoms with Gasteiger partial charge in [-0.1, -0.05) is 0 Å². The van der Waals surface area contributed by atoms with Crippen LogP contribution in [0, 0.1) is 6.92 Å². The Labute approximate surface area is 115 Å². The highest BCUT2D eigenvalue weighted by Crippen LogP contribution is 2.29. The van der Waals surface area contributed by atoms with Crippen LogP contribution in [0.5, 0.6) is 5.75 Å². The van der Waals surface area contributed by atoms with Crippen molar-refractivity contribution < 1.29 is 13.9 Å². The number of furan rings is 1. The lowest BCUT2D eigenvalue weighted by molar-refractivity contribution is 0.100. The van der Waals surface area contributed by atoms with Crippen LogP contribution in [0.25, 0.3) is 11.0 Å². The number of fused-ring (bicyclic) bond motifs is 1. The molecule has 0 N–H and O–H groups in total. The molecule has 5 nitrogen and oxygen atoms in total. The molecular weight excluding hydrogens is 256 g/mol. The normalized spacial score (nSPS) is 10.9. The van der Waals surface area contributed by atoms with Gasteiger partial charge >= 0.3 is 0 Å². The zero-order chi connectivity index (χ0) is 14.3. The van der Waals surface area contributed by atoms with E-state index >= 15 is 0 Å². The quantitative estimate of drug-likeness (QED) is 0.687. The minimum Gasteiger partial charge on any atom is -0.497 e. The Morgan fingerprint density at radius 1 is 1.35 bits per heavy atom. The number of aryl methyl sites for hydroxylation is 2. The molecule has 0 spiro atoms. The molecular formula is C15H14N2O3. The molecule has 0 aliphatic heterocycles. The average molecular weight is 270 g/mol. The summed E-state index contributed by atoms with van der Waals surface area (Å²) in [6.07, 6.45) is 1.59. The summed E-state index contributed by atoms with van der Waals surface area (Å²) < 4.78 is 12.4. The highest BCUT2D eigenvalue weighted by molar-refractivity contribution is 6.09. The van der Waals surface area contributed by atoms with Gasteiger partial charge in [0.05, 0.1) is 7.11 Å². The number of aromatic nitrogens is 2. The van der Waals surface area contributed by atoms with Crippen LogP contribution in [-0.2, 0) is 7.05 Å². The second-order valence-electron chi connectivity index (χ2n) is 4.59. The number of ketones is 1. The van der Waals surface area contributed by atoms with Gasteiger partial charge in [0.2, 0.25) is 5.78 Å². The Hall–Kier alpha value is -2.56. The van der Waals surface area contributed by atoms with Crippen molar-refractivity contribution in [2.24, 2.45) is 7.05 Å². The number of carbonyl (C=O) groups is 1.